The van der Waals surface area contributed by atoms with E-state index in [9.17, 15) is 4.79 Å². The van der Waals surface area contributed by atoms with E-state index in [4.69, 9.17) is 10.5 Å². The Morgan fingerprint density at radius 1 is 1.53 bits per heavy atom. The van der Waals surface area contributed by atoms with Gasteiger partial charge in [-0.1, -0.05) is 20.3 Å². The van der Waals surface area contributed by atoms with E-state index in [1.807, 2.05) is 6.92 Å². The average molecular weight is 270 g/mol. The van der Waals surface area contributed by atoms with Crippen LogP contribution in [0.1, 0.15) is 46.5 Å². The molecule has 0 aromatic heterocycles. The van der Waals surface area contributed by atoms with Crippen molar-refractivity contribution in [1.82, 2.24) is 4.90 Å². The monoisotopic (exact) mass is 270 g/mol. The molecular formula is C15H30N2O2. The van der Waals surface area contributed by atoms with E-state index >= 15 is 0 Å². The zero-order valence-electron chi connectivity index (χ0n) is 12.9. The number of rotatable bonds is 7. The van der Waals surface area contributed by atoms with Crippen molar-refractivity contribution in [3.8, 4) is 0 Å². The van der Waals surface area contributed by atoms with Crippen molar-refractivity contribution in [2.24, 2.45) is 17.6 Å². The summed E-state index contributed by atoms with van der Waals surface area (Å²) in [6.45, 7) is 8.78. The number of hydrogen-bond acceptors (Lipinski definition) is 4. The highest BCUT2D eigenvalue weighted by Gasteiger charge is 2.46. The maximum absolute atomic E-state index is 12.0. The van der Waals surface area contributed by atoms with Crippen LogP contribution in [0, 0.1) is 11.8 Å². The molecule has 19 heavy (non-hydrogen) atoms. The van der Waals surface area contributed by atoms with Gasteiger partial charge in [0.25, 0.3) is 0 Å². The minimum atomic E-state index is -0.741. The van der Waals surface area contributed by atoms with Crippen molar-refractivity contribution in [2.45, 2.75) is 52.0 Å². The van der Waals surface area contributed by atoms with Gasteiger partial charge in [-0.2, -0.15) is 0 Å². The van der Waals surface area contributed by atoms with Crippen molar-refractivity contribution >= 4 is 5.97 Å². The van der Waals surface area contributed by atoms with Crippen LogP contribution < -0.4 is 5.73 Å². The topological polar surface area (TPSA) is 55.6 Å². The molecule has 0 aromatic rings. The highest BCUT2D eigenvalue weighted by molar-refractivity contribution is 5.81. The first-order valence-electron chi connectivity index (χ1n) is 7.54. The van der Waals surface area contributed by atoms with E-state index in [1.165, 1.54) is 0 Å². The van der Waals surface area contributed by atoms with Crippen LogP contribution in [0.2, 0.25) is 0 Å². The molecule has 4 heteroatoms. The van der Waals surface area contributed by atoms with Crippen molar-refractivity contribution in [3.05, 3.63) is 0 Å². The first-order valence-corrected chi connectivity index (χ1v) is 7.54. The molecule has 2 atom stereocenters. The fourth-order valence-electron chi connectivity index (χ4n) is 3.13. The standard InChI is InChI=1S/C15H30N2O2/c1-5-19-14(18)15(16)9-6-7-13(15)8-10-17(4)11-12(2)3/h12-13H,5-11,16H2,1-4H3. The van der Waals surface area contributed by atoms with Gasteiger partial charge in [-0.3, -0.25) is 4.79 Å². The van der Waals surface area contributed by atoms with Crippen LogP contribution in [0.5, 0.6) is 0 Å². The van der Waals surface area contributed by atoms with Crippen LogP contribution in [-0.2, 0) is 9.53 Å². The van der Waals surface area contributed by atoms with Gasteiger partial charge in [-0.05, 0) is 51.6 Å². The Kier molecular flexibility index (Phi) is 6.27. The molecule has 4 nitrogen and oxygen atoms in total. The number of nitrogens with zero attached hydrogens (tertiary/aromatic N) is 1. The summed E-state index contributed by atoms with van der Waals surface area (Å²) in [5, 5.41) is 0. The summed E-state index contributed by atoms with van der Waals surface area (Å²) in [6.07, 6.45) is 3.83. The van der Waals surface area contributed by atoms with Crippen LogP contribution in [0.3, 0.4) is 0 Å². The Balaban J connectivity index is 2.50. The van der Waals surface area contributed by atoms with Crippen LogP contribution in [0.4, 0.5) is 0 Å². The minimum Gasteiger partial charge on any atom is -0.465 e. The summed E-state index contributed by atoms with van der Waals surface area (Å²) in [5.74, 6) is 0.728. The van der Waals surface area contributed by atoms with E-state index in [1.54, 1.807) is 0 Å². The van der Waals surface area contributed by atoms with Crippen LogP contribution >= 0.6 is 0 Å². The molecule has 0 radical (unpaired) electrons. The van der Waals surface area contributed by atoms with Gasteiger partial charge < -0.3 is 15.4 Å². The summed E-state index contributed by atoms with van der Waals surface area (Å²) in [4.78, 5) is 14.4. The lowest BCUT2D eigenvalue weighted by molar-refractivity contribution is -0.151. The fraction of sp³-hybridized carbons (Fsp3) is 0.933. The molecule has 1 aliphatic carbocycles. The summed E-state index contributed by atoms with van der Waals surface area (Å²) in [5.41, 5.74) is 5.59. The smallest absolute Gasteiger partial charge is 0.326 e. The number of hydrogen-bond donors (Lipinski definition) is 1. The predicted molar refractivity (Wildman–Crippen MR) is 77.8 cm³/mol. The maximum atomic E-state index is 12.0. The molecule has 1 aliphatic rings. The Hall–Kier alpha value is -0.610. The summed E-state index contributed by atoms with van der Waals surface area (Å²) < 4.78 is 5.15. The number of nitrogens with two attached hydrogens (primary N) is 1. The Bertz CT molecular complexity index is 294. The first kappa shape index (κ1) is 16.4. The second-order valence-electron chi connectivity index (χ2n) is 6.29. The molecule has 0 saturated heterocycles. The molecule has 0 aliphatic heterocycles. The molecule has 0 bridgehead atoms. The van der Waals surface area contributed by atoms with E-state index in [2.05, 4.69) is 25.8 Å². The second kappa shape index (κ2) is 7.25. The van der Waals surface area contributed by atoms with Gasteiger partial charge in [0.1, 0.15) is 5.54 Å². The highest BCUT2D eigenvalue weighted by Crippen LogP contribution is 2.37. The maximum Gasteiger partial charge on any atom is 0.326 e. The lowest BCUT2D eigenvalue weighted by Crippen LogP contribution is -2.52. The van der Waals surface area contributed by atoms with Gasteiger partial charge in [0, 0.05) is 6.54 Å². The third kappa shape index (κ3) is 4.46. The summed E-state index contributed by atoms with van der Waals surface area (Å²) in [7, 11) is 2.14. The van der Waals surface area contributed by atoms with Crippen molar-refractivity contribution in [1.29, 1.82) is 0 Å². The van der Waals surface area contributed by atoms with Crippen LogP contribution in [-0.4, -0.2) is 43.2 Å². The zero-order valence-corrected chi connectivity index (χ0v) is 12.9. The van der Waals surface area contributed by atoms with Crippen molar-refractivity contribution in [3.63, 3.8) is 0 Å². The van der Waals surface area contributed by atoms with E-state index in [0.29, 0.717) is 12.5 Å². The normalized spacial score (nSPS) is 27.2. The molecule has 1 rings (SSSR count). The third-order valence-corrected chi connectivity index (χ3v) is 4.06. The molecule has 0 spiro atoms. The van der Waals surface area contributed by atoms with Crippen molar-refractivity contribution < 1.29 is 9.53 Å². The molecule has 1 saturated carbocycles. The number of esters is 1. The SMILES string of the molecule is CCOC(=O)C1(N)CCCC1CCN(C)CC(C)C. The van der Waals surface area contributed by atoms with Gasteiger partial charge >= 0.3 is 5.97 Å². The fourth-order valence-corrected chi connectivity index (χ4v) is 3.13. The number of carbonyl (C=O) groups excluding carboxylic acids is 1. The highest BCUT2D eigenvalue weighted by atomic mass is 16.5. The Morgan fingerprint density at radius 2 is 2.21 bits per heavy atom. The molecule has 112 valence electrons. The number of carbonyl (C=O) groups is 1. The molecular weight excluding hydrogens is 240 g/mol. The summed E-state index contributed by atoms with van der Waals surface area (Å²) >= 11 is 0. The van der Waals surface area contributed by atoms with Crippen LogP contribution in [0.15, 0.2) is 0 Å². The molecule has 2 N–H and O–H groups in total. The van der Waals surface area contributed by atoms with E-state index < -0.39 is 5.54 Å². The minimum absolute atomic E-state index is 0.205. The largest absolute Gasteiger partial charge is 0.465 e. The first-order chi connectivity index (χ1) is 8.90. The average Bonchev–Trinajstić information content (AvgIpc) is 2.69. The van der Waals surface area contributed by atoms with Crippen molar-refractivity contribution in [2.75, 3.05) is 26.7 Å². The van der Waals surface area contributed by atoms with Crippen LogP contribution in [0.25, 0.3) is 0 Å². The van der Waals surface area contributed by atoms with Gasteiger partial charge in [0.2, 0.25) is 0 Å². The second-order valence-corrected chi connectivity index (χ2v) is 6.29. The van der Waals surface area contributed by atoms with E-state index in [-0.39, 0.29) is 11.9 Å². The van der Waals surface area contributed by atoms with E-state index in [0.717, 1.165) is 38.8 Å². The van der Waals surface area contributed by atoms with Gasteiger partial charge in [0.05, 0.1) is 6.61 Å². The quantitative estimate of drug-likeness (QED) is 0.719. The molecule has 0 heterocycles. The third-order valence-electron chi connectivity index (χ3n) is 4.06. The van der Waals surface area contributed by atoms with Gasteiger partial charge in [-0.25, -0.2) is 0 Å². The summed E-state index contributed by atoms with van der Waals surface area (Å²) in [6, 6.07) is 0. The van der Waals surface area contributed by atoms with Gasteiger partial charge in [0.15, 0.2) is 0 Å². The Morgan fingerprint density at radius 3 is 2.79 bits per heavy atom. The lowest BCUT2D eigenvalue weighted by Gasteiger charge is -2.30. The predicted octanol–water partition coefficient (Wildman–Crippen LogP) is 2.02. The molecule has 0 aromatic carbocycles. The Labute approximate surface area is 117 Å². The van der Waals surface area contributed by atoms with Gasteiger partial charge in [-0.15, -0.1) is 0 Å². The zero-order chi connectivity index (χ0) is 14.5. The molecule has 0 amide bonds. The lowest BCUT2D eigenvalue weighted by atomic mass is 9.85. The molecule has 1 fully saturated rings. The number of ether oxygens (including phenoxy) is 1. The molecule has 2 unspecified atom stereocenters.